The number of pyridine rings is 1. The number of aromatic nitrogens is 1. The summed E-state index contributed by atoms with van der Waals surface area (Å²) in [6.07, 6.45) is 3.34. The third-order valence-electron chi connectivity index (χ3n) is 3.83. The van der Waals surface area contributed by atoms with Gasteiger partial charge in [0.2, 0.25) is 0 Å². The molecule has 4 rings (SSSR count). The lowest BCUT2D eigenvalue weighted by Crippen LogP contribution is -2.06. The molecule has 0 bridgehead atoms. The molecule has 0 aliphatic carbocycles. The summed E-state index contributed by atoms with van der Waals surface area (Å²) < 4.78 is 13.0. The molecular formula is C19H14N2OS. The Labute approximate surface area is 137 Å². The first-order valence-electron chi connectivity index (χ1n) is 7.35. The topological polar surface area (TPSA) is 42.3 Å². The molecule has 0 fully saturated rings. The van der Waals surface area contributed by atoms with Gasteiger partial charge in [-0.3, -0.25) is 4.98 Å². The van der Waals surface area contributed by atoms with Gasteiger partial charge in [-0.1, -0.05) is 42.0 Å². The fourth-order valence-corrected chi connectivity index (χ4v) is 3.98. The molecular weight excluding hydrogens is 304 g/mol. The standard InChI is InChI=1S/C19H14N2OS/c1-13-7-8-17-15(11-13)19(14-5-3-2-4-6-14)21-16-12-20-10-9-18(16)23(17)22/h2-12H,1H3. The van der Waals surface area contributed by atoms with Gasteiger partial charge in [0.15, 0.2) is 0 Å². The Hall–Kier alpha value is -2.59. The Balaban J connectivity index is 2.07. The summed E-state index contributed by atoms with van der Waals surface area (Å²) in [5, 5.41) is 0. The number of nitrogens with zero attached hydrogens (tertiary/aromatic N) is 2. The summed E-state index contributed by atoms with van der Waals surface area (Å²) in [6, 6.07) is 17.8. The molecule has 4 heteroatoms. The minimum atomic E-state index is -1.26. The molecule has 1 unspecified atom stereocenters. The van der Waals surface area contributed by atoms with E-state index in [2.05, 4.69) is 11.1 Å². The van der Waals surface area contributed by atoms with Crippen molar-refractivity contribution in [3.63, 3.8) is 0 Å². The Kier molecular flexibility index (Phi) is 3.39. The zero-order valence-corrected chi connectivity index (χ0v) is 13.4. The van der Waals surface area contributed by atoms with Crippen LogP contribution in [0.1, 0.15) is 16.7 Å². The average Bonchev–Trinajstić information content (AvgIpc) is 2.71. The van der Waals surface area contributed by atoms with Gasteiger partial charge in [0.1, 0.15) is 0 Å². The predicted octanol–water partition coefficient (Wildman–Crippen LogP) is 4.04. The van der Waals surface area contributed by atoms with Crippen LogP contribution < -0.4 is 0 Å². The molecule has 3 aromatic rings. The molecule has 1 aliphatic rings. The van der Waals surface area contributed by atoms with E-state index in [4.69, 9.17) is 4.99 Å². The lowest BCUT2D eigenvalue weighted by molar-refractivity contribution is 0.683. The zero-order chi connectivity index (χ0) is 15.8. The summed E-state index contributed by atoms with van der Waals surface area (Å²) in [6.45, 7) is 2.03. The Bertz CT molecular complexity index is 949. The minimum absolute atomic E-state index is 0.665. The summed E-state index contributed by atoms with van der Waals surface area (Å²) >= 11 is 0. The molecule has 2 aromatic carbocycles. The fraction of sp³-hybridized carbons (Fsp3) is 0.0526. The number of rotatable bonds is 1. The van der Waals surface area contributed by atoms with Gasteiger partial charge >= 0.3 is 0 Å². The fourth-order valence-electron chi connectivity index (χ4n) is 2.72. The van der Waals surface area contributed by atoms with Crippen molar-refractivity contribution in [2.45, 2.75) is 16.7 Å². The van der Waals surface area contributed by atoms with Crippen LogP contribution in [0.2, 0.25) is 0 Å². The number of hydrogen-bond donors (Lipinski definition) is 0. The van der Waals surface area contributed by atoms with E-state index in [1.165, 1.54) is 0 Å². The van der Waals surface area contributed by atoms with Gasteiger partial charge in [-0.15, -0.1) is 0 Å². The van der Waals surface area contributed by atoms with Crippen LogP contribution in [0.5, 0.6) is 0 Å². The summed E-state index contributed by atoms with van der Waals surface area (Å²) in [4.78, 5) is 10.4. The number of aryl methyl sites for hydroxylation is 1. The number of fused-ring (bicyclic) bond motifs is 2. The van der Waals surface area contributed by atoms with Crippen LogP contribution in [-0.4, -0.2) is 14.9 Å². The Morgan fingerprint density at radius 3 is 2.61 bits per heavy atom. The largest absolute Gasteiger partial charge is 0.262 e. The quantitative estimate of drug-likeness (QED) is 0.531. The molecule has 0 spiro atoms. The van der Waals surface area contributed by atoms with Crippen molar-refractivity contribution in [3.05, 3.63) is 83.7 Å². The van der Waals surface area contributed by atoms with Crippen molar-refractivity contribution >= 4 is 22.2 Å². The second kappa shape index (κ2) is 5.56. The van der Waals surface area contributed by atoms with Gasteiger partial charge in [-0.2, -0.15) is 0 Å². The van der Waals surface area contributed by atoms with Crippen LogP contribution >= 0.6 is 0 Å². The van der Waals surface area contributed by atoms with Gasteiger partial charge < -0.3 is 0 Å². The van der Waals surface area contributed by atoms with E-state index in [-0.39, 0.29) is 0 Å². The normalized spacial score (nSPS) is 16.0. The highest BCUT2D eigenvalue weighted by Crippen LogP contribution is 2.34. The van der Waals surface area contributed by atoms with E-state index < -0.39 is 10.8 Å². The Morgan fingerprint density at radius 1 is 0.957 bits per heavy atom. The maximum absolute atomic E-state index is 13.0. The highest BCUT2D eigenvalue weighted by molar-refractivity contribution is 7.85. The van der Waals surface area contributed by atoms with Gasteiger partial charge in [-0.25, -0.2) is 9.20 Å². The molecule has 0 saturated carbocycles. The summed E-state index contributed by atoms with van der Waals surface area (Å²) in [5.74, 6) is 0. The highest BCUT2D eigenvalue weighted by atomic mass is 32.2. The first kappa shape index (κ1) is 14.0. The van der Waals surface area contributed by atoms with Crippen LogP contribution in [0.25, 0.3) is 0 Å². The monoisotopic (exact) mass is 318 g/mol. The zero-order valence-electron chi connectivity index (χ0n) is 12.6. The van der Waals surface area contributed by atoms with Crippen LogP contribution in [0.4, 0.5) is 5.69 Å². The number of benzene rings is 2. The molecule has 0 amide bonds. The average molecular weight is 318 g/mol. The minimum Gasteiger partial charge on any atom is -0.262 e. The number of aliphatic imine (C=N–C) groups is 1. The van der Waals surface area contributed by atoms with E-state index in [9.17, 15) is 4.21 Å². The van der Waals surface area contributed by atoms with Crippen molar-refractivity contribution in [2.75, 3.05) is 0 Å². The van der Waals surface area contributed by atoms with Crippen LogP contribution in [0, 0.1) is 6.92 Å². The van der Waals surface area contributed by atoms with Crippen molar-refractivity contribution in [3.8, 4) is 0 Å². The molecule has 23 heavy (non-hydrogen) atoms. The van der Waals surface area contributed by atoms with E-state index in [0.717, 1.165) is 27.3 Å². The van der Waals surface area contributed by atoms with Crippen LogP contribution in [-0.2, 0) is 10.8 Å². The SMILES string of the molecule is Cc1ccc2c(c1)C(c1ccccc1)=Nc1cnccc1S2=O. The predicted molar refractivity (Wildman–Crippen MR) is 91.8 cm³/mol. The van der Waals surface area contributed by atoms with E-state index in [1.54, 1.807) is 18.5 Å². The van der Waals surface area contributed by atoms with Crippen molar-refractivity contribution in [1.29, 1.82) is 0 Å². The molecule has 112 valence electrons. The second-order valence-electron chi connectivity index (χ2n) is 5.44. The molecule has 0 saturated heterocycles. The maximum atomic E-state index is 13.0. The number of hydrogen-bond acceptors (Lipinski definition) is 3. The van der Waals surface area contributed by atoms with Gasteiger partial charge in [0.05, 0.1) is 38.2 Å². The lowest BCUT2D eigenvalue weighted by atomic mass is 10.0. The smallest absolute Gasteiger partial charge is 0.0985 e. The summed E-state index contributed by atoms with van der Waals surface area (Å²) in [5.41, 5.74) is 4.55. The van der Waals surface area contributed by atoms with Crippen molar-refractivity contribution in [1.82, 2.24) is 4.98 Å². The molecule has 3 nitrogen and oxygen atoms in total. The third-order valence-corrected chi connectivity index (χ3v) is 5.33. The summed E-state index contributed by atoms with van der Waals surface area (Å²) in [7, 11) is -1.26. The third kappa shape index (κ3) is 2.41. The van der Waals surface area contributed by atoms with Gasteiger partial charge in [-0.05, 0) is 25.1 Å². The van der Waals surface area contributed by atoms with Crippen LogP contribution in [0.15, 0.2) is 81.8 Å². The molecule has 1 atom stereocenters. The highest BCUT2D eigenvalue weighted by Gasteiger charge is 2.23. The first-order valence-corrected chi connectivity index (χ1v) is 8.50. The van der Waals surface area contributed by atoms with Crippen molar-refractivity contribution in [2.24, 2.45) is 4.99 Å². The van der Waals surface area contributed by atoms with Crippen molar-refractivity contribution < 1.29 is 4.21 Å². The molecule has 1 aromatic heterocycles. The molecule has 0 N–H and O–H groups in total. The van der Waals surface area contributed by atoms with Gasteiger partial charge in [0.25, 0.3) is 0 Å². The Morgan fingerprint density at radius 2 is 1.78 bits per heavy atom. The molecule has 0 radical (unpaired) electrons. The van der Waals surface area contributed by atoms with Crippen LogP contribution in [0.3, 0.4) is 0 Å². The molecule has 1 aliphatic heterocycles. The lowest BCUT2D eigenvalue weighted by Gasteiger charge is -2.10. The first-order chi connectivity index (χ1) is 11.2. The second-order valence-corrected chi connectivity index (χ2v) is 6.86. The maximum Gasteiger partial charge on any atom is 0.0985 e. The van der Waals surface area contributed by atoms with E-state index in [1.807, 2.05) is 49.4 Å². The van der Waals surface area contributed by atoms with E-state index in [0.29, 0.717) is 10.6 Å². The molecule has 2 heterocycles. The van der Waals surface area contributed by atoms with Gasteiger partial charge in [0, 0.05) is 17.3 Å². The van der Waals surface area contributed by atoms with E-state index >= 15 is 0 Å².